The molecule has 110 valence electrons. The van der Waals surface area contributed by atoms with Crippen LogP contribution < -0.4 is 0 Å². The fourth-order valence-electron chi connectivity index (χ4n) is 2.06. The van der Waals surface area contributed by atoms with Crippen LogP contribution in [0.4, 0.5) is 13.2 Å². The summed E-state index contributed by atoms with van der Waals surface area (Å²) in [6, 6.07) is 5.85. The van der Waals surface area contributed by atoms with Gasteiger partial charge in [0.15, 0.2) is 0 Å². The first-order chi connectivity index (χ1) is 9.42. The van der Waals surface area contributed by atoms with Gasteiger partial charge in [0, 0.05) is 18.8 Å². The Labute approximate surface area is 121 Å². The van der Waals surface area contributed by atoms with Crippen LogP contribution in [0.25, 0.3) is 6.08 Å². The first-order valence-corrected chi connectivity index (χ1v) is 7.44. The van der Waals surface area contributed by atoms with Crippen LogP contribution in [0, 0.1) is 6.92 Å². The van der Waals surface area contributed by atoms with Crippen LogP contribution >= 0.6 is 11.9 Å². The number of pyridine rings is 1. The van der Waals surface area contributed by atoms with Crippen LogP contribution in [-0.4, -0.2) is 34.3 Å². The number of piperidine rings is 1. The van der Waals surface area contributed by atoms with Gasteiger partial charge in [-0.1, -0.05) is 23.6 Å². The van der Waals surface area contributed by atoms with E-state index in [0.29, 0.717) is 13.1 Å². The summed E-state index contributed by atoms with van der Waals surface area (Å²) in [5, 5.41) is 0. The molecule has 6 heteroatoms. The third-order valence-electron chi connectivity index (χ3n) is 3.04. The lowest BCUT2D eigenvalue weighted by atomic mass is 10.0. The minimum absolute atomic E-state index is 0.665. The molecule has 0 aliphatic carbocycles. The molecule has 0 unspecified atom stereocenters. The molecule has 1 aliphatic heterocycles. The molecule has 1 aromatic heterocycles. The number of aromatic nitrogens is 1. The average Bonchev–Trinajstić information content (AvgIpc) is 2.37. The maximum atomic E-state index is 12.1. The molecule has 2 rings (SSSR count). The lowest BCUT2D eigenvalue weighted by molar-refractivity contribution is -0.105. The van der Waals surface area contributed by atoms with Gasteiger partial charge in [0.25, 0.3) is 0 Å². The van der Waals surface area contributed by atoms with Crippen LogP contribution in [-0.2, 0) is 0 Å². The zero-order chi connectivity index (χ0) is 14.6. The van der Waals surface area contributed by atoms with Gasteiger partial charge in [-0.25, -0.2) is 4.31 Å². The average molecular weight is 302 g/mol. The van der Waals surface area contributed by atoms with E-state index >= 15 is 0 Å². The number of halogens is 3. The second-order valence-electron chi connectivity index (χ2n) is 4.82. The van der Waals surface area contributed by atoms with Crippen LogP contribution in [0.15, 0.2) is 23.8 Å². The van der Waals surface area contributed by atoms with Crippen molar-refractivity contribution in [2.24, 2.45) is 0 Å². The lowest BCUT2D eigenvalue weighted by Gasteiger charge is -2.27. The minimum Gasteiger partial charge on any atom is -0.254 e. The van der Waals surface area contributed by atoms with Gasteiger partial charge in [0.05, 0.1) is 5.69 Å². The van der Waals surface area contributed by atoms with Crippen molar-refractivity contribution in [3.05, 3.63) is 35.2 Å². The molecule has 0 spiro atoms. The fraction of sp³-hybridized carbons (Fsp3) is 0.500. The van der Waals surface area contributed by atoms with Crippen molar-refractivity contribution >= 4 is 18.0 Å². The van der Waals surface area contributed by atoms with Crippen molar-refractivity contribution in [3.8, 4) is 0 Å². The SMILES string of the molecule is Cc1cccc(C=C2CCN(SCC(F)(F)F)CC2)n1. The summed E-state index contributed by atoms with van der Waals surface area (Å²) in [7, 11) is 0. The van der Waals surface area contributed by atoms with Crippen LogP contribution in [0.5, 0.6) is 0 Å². The van der Waals surface area contributed by atoms with Gasteiger partial charge in [-0.3, -0.25) is 4.98 Å². The number of rotatable bonds is 3. The highest BCUT2D eigenvalue weighted by Gasteiger charge is 2.29. The van der Waals surface area contributed by atoms with Gasteiger partial charge in [-0.2, -0.15) is 13.2 Å². The molecule has 1 saturated heterocycles. The molecule has 0 radical (unpaired) electrons. The smallest absolute Gasteiger partial charge is 0.254 e. The molecule has 0 saturated carbocycles. The molecule has 1 aromatic rings. The monoisotopic (exact) mass is 302 g/mol. The number of hydrogen-bond donors (Lipinski definition) is 0. The highest BCUT2D eigenvalue weighted by atomic mass is 32.2. The second-order valence-corrected chi connectivity index (χ2v) is 5.89. The third kappa shape index (κ3) is 5.17. The Morgan fingerprint density at radius 3 is 2.60 bits per heavy atom. The van der Waals surface area contributed by atoms with E-state index in [1.54, 1.807) is 4.31 Å². The summed E-state index contributed by atoms with van der Waals surface area (Å²) in [5.41, 5.74) is 3.15. The Morgan fingerprint density at radius 2 is 2.00 bits per heavy atom. The van der Waals surface area contributed by atoms with Crippen molar-refractivity contribution in [3.63, 3.8) is 0 Å². The second kappa shape index (κ2) is 6.63. The topological polar surface area (TPSA) is 16.1 Å². The van der Waals surface area contributed by atoms with E-state index < -0.39 is 11.9 Å². The van der Waals surface area contributed by atoms with Crippen molar-refractivity contribution in [1.82, 2.24) is 9.29 Å². The molecule has 0 N–H and O–H groups in total. The normalized spacial score (nSPS) is 17.3. The summed E-state index contributed by atoms with van der Waals surface area (Å²) >= 11 is 0.881. The predicted molar refractivity (Wildman–Crippen MR) is 76.3 cm³/mol. The Hall–Kier alpha value is -1.01. The molecule has 1 fully saturated rings. The van der Waals surface area contributed by atoms with E-state index in [2.05, 4.69) is 11.1 Å². The Morgan fingerprint density at radius 1 is 1.30 bits per heavy atom. The maximum absolute atomic E-state index is 12.1. The third-order valence-corrected chi connectivity index (χ3v) is 4.22. The van der Waals surface area contributed by atoms with E-state index in [1.807, 2.05) is 25.1 Å². The first kappa shape index (κ1) is 15.4. The van der Waals surface area contributed by atoms with Gasteiger partial charge < -0.3 is 0 Å². The number of aryl methyl sites for hydroxylation is 1. The maximum Gasteiger partial charge on any atom is 0.399 e. The molecule has 0 atom stereocenters. The molecule has 20 heavy (non-hydrogen) atoms. The zero-order valence-corrected chi connectivity index (χ0v) is 12.1. The summed E-state index contributed by atoms with van der Waals surface area (Å²) in [6.07, 6.45) is -0.425. The number of alkyl halides is 3. The van der Waals surface area contributed by atoms with E-state index in [1.165, 1.54) is 5.57 Å². The van der Waals surface area contributed by atoms with Gasteiger partial charge in [0.2, 0.25) is 0 Å². The van der Waals surface area contributed by atoms with Gasteiger partial charge >= 0.3 is 6.18 Å². The Bertz CT molecular complexity index is 476. The fourth-order valence-corrected chi connectivity index (χ4v) is 2.83. The van der Waals surface area contributed by atoms with Gasteiger partial charge in [-0.15, -0.1) is 0 Å². The van der Waals surface area contributed by atoms with Crippen molar-refractivity contribution in [2.45, 2.75) is 25.9 Å². The molecule has 2 heterocycles. The molecular formula is C14H17F3N2S. The molecular weight excluding hydrogens is 285 g/mol. The Kier molecular flexibility index (Phi) is 5.10. The summed E-state index contributed by atoms with van der Waals surface area (Å²) < 4.78 is 38.2. The highest BCUT2D eigenvalue weighted by molar-refractivity contribution is 7.97. The minimum atomic E-state index is -4.09. The van der Waals surface area contributed by atoms with E-state index in [4.69, 9.17) is 0 Å². The van der Waals surface area contributed by atoms with Gasteiger partial charge in [-0.05, 0) is 38.0 Å². The molecule has 1 aliphatic rings. The van der Waals surface area contributed by atoms with Crippen molar-refractivity contribution in [1.29, 1.82) is 0 Å². The predicted octanol–water partition coefficient (Wildman–Crippen LogP) is 4.08. The summed E-state index contributed by atoms with van der Waals surface area (Å²) in [6.45, 7) is 3.27. The zero-order valence-electron chi connectivity index (χ0n) is 11.3. The van der Waals surface area contributed by atoms with E-state index in [9.17, 15) is 13.2 Å². The van der Waals surface area contributed by atoms with E-state index in [0.717, 1.165) is 36.2 Å². The molecule has 0 aromatic carbocycles. The molecule has 0 amide bonds. The standard InChI is InChI=1S/C14H17F3N2S/c1-11-3-2-4-13(18-11)9-12-5-7-19(8-6-12)20-10-14(15,16)17/h2-4,9H,5-8,10H2,1H3. The Balaban J connectivity index is 1.85. The number of nitrogens with zero attached hydrogens (tertiary/aromatic N) is 2. The summed E-state index contributed by atoms with van der Waals surface area (Å²) in [4.78, 5) is 4.41. The molecule has 2 nitrogen and oxygen atoms in total. The van der Waals surface area contributed by atoms with Crippen molar-refractivity contribution < 1.29 is 13.2 Å². The van der Waals surface area contributed by atoms with Crippen LogP contribution in [0.3, 0.4) is 0 Å². The highest BCUT2D eigenvalue weighted by Crippen LogP contribution is 2.28. The summed E-state index contributed by atoms with van der Waals surface area (Å²) in [5.74, 6) is -0.800. The largest absolute Gasteiger partial charge is 0.399 e. The van der Waals surface area contributed by atoms with Crippen molar-refractivity contribution in [2.75, 3.05) is 18.8 Å². The number of hydrogen-bond acceptors (Lipinski definition) is 3. The van der Waals surface area contributed by atoms with Crippen LogP contribution in [0.2, 0.25) is 0 Å². The molecule has 0 bridgehead atoms. The lowest BCUT2D eigenvalue weighted by Crippen LogP contribution is -2.27. The first-order valence-electron chi connectivity index (χ1n) is 6.50. The quantitative estimate of drug-likeness (QED) is 0.783. The van der Waals surface area contributed by atoms with Gasteiger partial charge in [0.1, 0.15) is 5.75 Å². The van der Waals surface area contributed by atoms with E-state index in [-0.39, 0.29) is 0 Å². The van der Waals surface area contributed by atoms with Crippen LogP contribution in [0.1, 0.15) is 24.2 Å².